The Morgan fingerprint density at radius 2 is 1.56 bits per heavy atom. The molecule has 0 aliphatic heterocycles. The Hall–Kier alpha value is -3.28. The number of fused-ring (bicyclic) bond motifs is 6. The number of benzene rings is 2. The molecule has 0 radical (unpaired) electrons. The first-order valence-corrected chi connectivity index (χ1v) is 8.09. The molecule has 0 unspecified atom stereocenters. The molecular formula is C19H14N2O4. The van der Waals surface area contributed by atoms with Crippen LogP contribution in [0.4, 0.5) is 5.69 Å². The fourth-order valence-electron chi connectivity index (χ4n) is 4.29. The summed E-state index contributed by atoms with van der Waals surface area (Å²) in [7, 11) is 0. The molecule has 2 aliphatic rings. The van der Waals surface area contributed by atoms with E-state index in [9.17, 15) is 20.3 Å². The Kier molecular flexibility index (Phi) is 2.61. The fourth-order valence-corrected chi connectivity index (χ4v) is 4.29. The molecule has 0 fully saturated rings. The third kappa shape index (κ3) is 1.68. The van der Waals surface area contributed by atoms with Gasteiger partial charge in [0, 0.05) is 34.4 Å². The van der Waals surface area contributed by atoms with Crippen LogP contribution in [-0.2, 0) is 0 Å². The molecule has 0 saturated carbocycles. The van der Waals surface area contributed by atoms with Crippen LogP contribution < -0.4 is 0 Å². The second-order valence-corrected chi connectivity index (χ2v) is 6.55. The number of aromatic nitrogens is 1. The van der Waals surface area contributed by atoms with E-state index in [4.69, 9.17) is 0 Å². The molecule has 0 spiro atoms. The minimum absolute atomic E-state index is 0.000220. The summed E-state index contributed by atoms with van der Waals surface area (Å²) in [6.45, 7) is 0. The van der Waals surface area contributed by atoms with Gasteiger partial charge >= 0.3 is 0 Å². The van der Waals surface area contributed by atoms with Crippen molar-refractivity contribution in [2.24, 2.45) is 0 Å². The predicted molar refractivity (Wildman–Crippen MR) is 92.5 cm³/mol. The SMILES string of the molecule is O=[N+]([O-])c1ccc(-n2c(O)c3c(c2O)[C@H]2C=C[C@@H]3C2)c2ccccc12. The van der Waals surface area contributed by atoms with E-state index in [1.807, 2.05) is 0 Å². The number of nitrogens with zero attached hydrogens (tertiary/aromatic N) is 2. The quantitative estimate of drug-likeness (QED) is 0.420. The minimum atomic E-state index is -0.425. The van der Waals surface area contributed by atoms with E-state index in [1.165, 1.54) is 10.6 Å². The van der Waals surface area contributed by atoms with Crippen LogP contribution in [0.5, 0.6) is 11.8 Å². The Morgan fingerprint density at radius 3 is 2.16 bits per heavy atom. The number of hydrogen-bond acceptors (Lipinski definition) is 4. The van der Waals surface area contributed by atoms with Crippen LogP contribution in [0.2, 0.25) is 0 Å². The molecule has 2 atom stereocenters. The third-order valence-corrected chi connectivity index (χ3v) is 5.34. The van der Waals surface area contributed by atoms with Gasteiger partial charge in [-0.1, -0.05) is 30.4 Å². The highest BCUT2D eigenvalue weighted by Gasteiger charge is 2.41. The molecule has 25 heavy (non-hydrogen) atoms. The Labute approximate surface area is 142 Å². The number of allylic oxidation sites excluding steroid dienone is 2. The second kappa shape index (κ2) is 4.63. The maximum atomic E-state index is 11.3. The lowest BCUT2D eigenvalue weighted by Crippen LogP contribution is -1.98. The average Bonchev–Trinajstić information content (AvgIpc) is 3.28. The molecule has 0 amide bonds. The van der Waals surface area contributed by atoms with Gasteiger partial charge < -0.3 is 10.2 Å². The molecule has 6 heteroatoms. The summed E-state index contributed by atoms with van der Waals surface area (Å²) in [5.74, 6) is 0.277. The summed E-state index contributed by atoms with van der Waals surface area (Å²) >= 11 is 0. The Balaban J connectivity index is 1.82. The lowest BCUT2D eigenvalue weighted by molar-refractivity contribution is -0.383. The van der Waals surface area contributed by atoms with Crippen LogP contribution in [-0.4, -0.2) is 19.7 Å². The van der Waals surface area contributed by atoms with Gasteiger partial charge in [-0.15, -0.1) is 0 Å². The van der Waals surface area contributed by atoms with Gasteiger partial charge in [-0.2, -0.15) is 0 Å². The highest BCUT2D eigenvalue weighted by molar-refractivity contribution is 5.97. The van der Waals surface area contributed by atoms with Crippen molar-refractivity contribution in [1.29, 1.82) is 0 Å². The van der Waals surface area contributed by atoms with Crippen LogP contribution in [0.25, 0.3) is 16.5 Å². The first kappa shape index (κ1) is 14.1. The topological polar surface area (TPSA) is 88.5 Å². The predicted octanol–water partition coefficient (Wildman–Crippen LogP) is 4.09. The van der Waals surface area contributed by atoms with Gasteiger partial charge in [-0.25, -0.2) is 0 Å². The van der Waals surface area contributed by atoms with Crippen molar-refractivity contribution in [3.8, 4) is 17.4 Å². The average molecular weight is 334 g/mol. The summed E-state index contributed by atoms with van der Waals surface area (Å²) in [4.78, 5) is 10.9. The van der Waals surface area contributed by atoms with Crippen LogP contribution in [0.3, 0.4) is 0 Å². The van der Waals surface area contributed by atoms with Crippen molar-refractivity contribution in [3.05, 3.63) is 69.8 Å². The number of nitro benzene ring substituents is 1. The van der Waals surface area contributed by atoms with Crippen molar-refractivity contribution >= 4 is 16.5 Å². The summed E-state index contributed by atoms with van der Waals surface area (Å²) in [6, 6.07) is 9.94. The van der Waals surface area contributed by atoms with Crippen LogP contribution in [0.1, 0.15) is 29.4 Å². The lowest BCUT2D eigenvalue weighted by Gasteiger charge is -2.12. The van der Waals surface area contributed by atoms with E-state index in [-0.39, 0.29) is 29.3 Å². The van der Waals surface area contributed by atoms with Crippen molar-refractivity contribution in [1.82, 2.24) is 4.57 Å². The zero-order chi connectivity index (χ0) is 17.3. The van der Waals surface area contributed by atoms with Gasteiger partial charge in [0.1, 0.15) is 0 Å². The molecule has 2 N–H and O–H groups in total. The molecule has 2 aromatic carbocycles. The number of aromatic hydroxyl groups is 2. The van der Waals surface area contributed by atoms with Crippen molar-refractivity contribution in [2.75, 3.05) is 0 Å². The van der Waals surface area contributed by atoms with Gasteiger partial charge in [0.25, 0.3) is 5.69 Å². The smallest absolute Gasteiger partial charge is 0.277 e. The van der Waals surface area contributed by atoms with E-state index in [0.717, 1.165) is 17.5 Å². The minimum Gasteiger partial charge on any atom is -0.494 e. The highest BCUT2D eigenvalue weighted by atomic mass is 16.6. The van der Waals surface area contributed by atoms with E-state index in [2.05, 4.69) is 12.2 Å². The molecule has 1 heterocycles. The van der Waals surface area contributed by atoms with E-state index in [0.29, 0.717) is 16.5 Å². The van der Waals surface area contributed by atoms with E-state index >= 15 is 0 Å². The van der Waals surface area contributed by atoms with Gasteiger partial charge in [0.05, 0.1) is 16.0 Å². The summed E-state index contributed by atoms with van der Waals surface area (Å²) in [6.07, 6.45) is 5.00. The zero-order valence-corrected chi connectivity index (χ0v) is 13.1. The Bertz CT molecular complexity index is 1060. The maximum Gasteiger partial charge on any atom is 0.277 e. The molecular weight excluding hydrogens is 320 g/mol. The Morgan fingerprint density at radius 1 is 0.960 bits per heavy atom. The van der Waals surface area contributed by atoms with Crippen LogP contribution >= 0.6 is 0 Å². The largest absolute Gasteiger partial charge is 0.494 e. The molecule has 0 saturated heterocycles. The molecule has 3 aromatic rings. The van der Waals surface area contributed by atoms with Gasteiger partial charge in [0.2, 0.25) is 11.8 Å². The van der Waals surface area contributed by atoms with Crippen LogP contribution in [0, 0.1) is 10.1 Å². The molecule has 5 rings (SSSR count). The summed E-state index contributed by atoms with van der Waals surface area (Å²) < 4.78 is 1.41. The van der Waals surface area contributed by atoms with Gasteiger partial charge in [0.15, 0.2) is 0 Å². The summed E-state index contributed by atoms with van der Waals surface area (Å²) in [5.41, 5.74) is 2.07. The van der Waals surface area contributed by atoms with Crippen molar-refractivity contribution in [2.45, 2.75) is 18.3 Å². The monoisotopic (exact) mass is 334 g/mol. The standard InChI is InChI=1S/C19H14N2O4/c22-18-16-10-5-6-11(9-10)17(16)19(23)20(18)14-7-8-15(21(24)25)13-4-2-1-3-12(13)14/h1-8,10-11,22-23H,9H2/t10-,11+. The number of hydrogen-bond donors (Lipinski definition) is 2. The second-order valence-electron chi connectivity index (χ2n) is 6.55. The van der Waals surface area contributed by atoms with E-state index in [1.54, 1.807) is 30.3 Å². The lowest BCUT2D eigenvalue weighted by atomic mass is 10.0. The van der Waals surface area contributed by atoms with Gasteiger partial charge in [-0.3, -0.25) is 14.7 Å². The molecule has 6 nitrogen and oxygen atoms in total. The third-order valence-electron chi connectivity index (χ3n) is 5.34. The van der Waals surface area contributed by atoms with Crippen molar-refractivity contribution < 1.29 is 15.1 Å². The zero-order valence-electron chi connectivity index (χ0n) is 13.1. The number of rotatable bonds is 2. The molecule has 2 aliphatic carbocycles. The van der Waals surface area contributed by atoms with Gasteiger partial charge in [-0.05, 0) is 18.6 Å². The molecule has 124 valence electrons. The maximum absolute atomic E-state index is 11.3. The van der Waals surface area contributed by atoms with Crippen LogP contribution in [0.15, 0.2) is 48.6 Å². The highest BCUT2D eigenvalue weighted by Crippen LogP contribution is 2.57. The molecule has 1 aromatic heterocycles. The van der Waals surface area contributed by atoms with Crippen molar-refractivity contribution in [3.63, 3.8) is 0 Å². The number of non-ortho nitro benzene ring substituents is 1. The van der Waals surface area contributed by atoms with E-state index < -0.39 is 4.92 Å². The summed E-state index contributed by atoms with van der Waals surface area (Å²) in [5, 5.41) is 33.9. The first-order chi connectivity index (χ1) is 12.1. The molecule has 2 bridgehead atoms. The first-order valence-electron chi connectivity index (χ1n) is 8.09. The fraction of sp³-hybridized carbons (Fsp3) is 0.158. The normalized spacial score (nSPS) is 20.3. The number of nitro groups is 1.